The number of hydrogen-bond donors (Lipinski definition) is 1. The number of nitrogens with zero attached hydrogens (tertiary/aromatic N) is 6. The molecule has 3 aromatic heterocycles. The smallest absolute Gasteiger partial charge is 0.326 e. The van der Waals surface area contributed by atoms with Crippen LogP contribution in [0.15, 0.2) is 53.4 Å². The quantitative estimate of drug-likeness (QED) is 0.377. The lowest BCUT2D eigenvalue weighted by atomic mass is 9.98. The van der Waals surface area contributed by atoms with E-state index in [-0.39, 0.29) is 35.6 Å². The van der Waals surface area contributed by atoms with E-state index in [0.717, 1.165) is 6.20 Å². The van der Waals surface area contributed by atoms with E-state index in [1.807, 2.05) is 6.92 Å². The van der Waals surface area contributed by atoms with Gasteiger partial charge >= 0.3 is 5.97 Å². The number of carbonyl (C=O) groups is 1. The first-order valence-corrected chi connectivity index (χ1v) is 11.0. The summed E-state index contributed by atoms with van der Waals surface area (Å²) in [5.41, 5.74) is 1.67. The van der Waals surface area contributed by atoms with Crippen LogP contribution >= 0.6 is 0 Å². The van der Waals surface area contributed by atoms with Crippen molar-refractivity contribution >= 4 is 11.8 Å². The zero-order valence-corrected chi connectivity index (χ0v) is 19.4. The summed E-state index contributed by atoms with van der Waals surface area (Å²) in [4.78, 5) is 21.6. The Morgan fingerprint density at radius 2 is 1.97 bits per heavy atom. The molecule has 0 spiro atoms. The molecule has 0 aliphatic heterocycles. The number of halogens is 2. The van der Waals surface area contributed by atoms with Crippen molar-refractivity contribution in [1.29, 1.82) is 0 Å². The van der Waals surface area contributed by atoms with Gasteiger partial charge in [-0.1, -0.05) is 43.6 Å². The van der Waals surface area contributed by atoms with Crippen molar-refractivity contribution in [3.63, 3.8) is 0 Å². The molecule has 9 nitrogen and oxygen atoms in total. The van der Waals surface area contributed by atoms with Crippen LogP contribution in [0.4, 0.5) is 14.6 Å². The summed E-state index contributed by atoms with van der Waals surface area (Å²) in [6.45, 7) is 3.74. The Kier molecular flexibility index (Phi) is 6.85. The molecule has 0 bridgehead atoms. The highest BCUT2D eigenvalue weighted by molar-refractivity contribution is 5.78. The number of carboxylic acid groups (broad SMARTS) is 1. The first-order valence-electron chi connectivity index (χ1n) is 11.0. The number of aromatic nitrogens is 5. The van der Waals surface area contributed by atoms with Gasteiger partial charge in [-0.15, -0.1) is 0 Å². The van der Waals surface area contributed by atoms with E-state index < -0.39 is 17.8 Å². The van der Waals surface area contributed by atoms with E-state index in [4.69, 9.17) is 4.52 Å². The van der Waals surface area contributed by atoms with Crippen molar-refractivity contribution in [2.45, 2.75) is 32.9 Å². The fourth-order valence-electron chi connectivity index (χ4n) is 3.86. The summed E-state index contributed by atoms with van der Waals surface area (Å²) < 4.78 is 35.5. The minimum atomic E-state index is -1.08. The van der Waals surface area contributed by atoms with Gasteiger partial charge in [-0.05, 0) is 18.1 Å². The van der Waals surface area contributed by atoms with Crippen LogP contribution in [-0.2, 0) is 11.3 Å². The molecule has 1 aromatic carbocycles. The third kappa shape index (κ3) is 4.88. The van der Waals surface area contributed by atoms with Gasteiger partial charge in [0.2, 0.25) is 0 Å². The minimum absolute atomic E-state index is 0.0820. The normalized spacial score (nSPS) is 12.9. The van der Waals surface area contributed by atoms with E-state index in [9.17, 15) is 18.7 Å². The fraction of sp³-hybridized carbons (Fsp3) is 0.292. The Labute approximate surface area is 200 Å². The second kappa shape index (κ2) is 10.00. The number of benzene rings is 1. The van der Waals surface area contributed by atoms with Crippen molar-refractivity contribution in [3.8, 4) is 22.9 Å². The van der Waals surface area contributed by atoms with Gasteiger partial charge in [0, 0.05) is 18.7 Å². The van der Waals surface area contributed by atoms with Gasteiger partial charge in [0.25, 0.3) is 0 Å². The van der Waals surface area contributed by atoms with E-state index >= 15 is 0 Å². The highest BCUT2D eigenvalue weighted by Crippen LogP contribution is 2.28. The van der Waals surface area contributed by atoms with E-state index in [1.54, 1.807) is 37.3 Å². The molecule has 11 heteroatoms. The molecule has 1 N–H and O–H groups in total. The van der Waals surface area contributed by atoms with Crippen LogP contribution in [0.1, 0.15) is 25.8 Å². The molecule has 0 aliphatic rings. The van der Waals surface area contributed by atoms with Gasteiger partial charge < -0.3 is 14.5 Å². The molecule has 0 amide bonds. The van der Waals surface area contributed by atoms with Gasteiger partial charge in [0.1, 0.15) is 29.5 Å². The highest BCUT2D eigenvalue weighted by Gasteiger charge is 2.31. The van der Waals surface area contributed by atoms with Crippen molar-refractivity contribution in [2.24, 2.45) is 5.92 Å². The topological polar surface area (TPSA) is 110 Å². The van der Waals surface area contributed by atoms with Crippen LogP contribution in [0, 0.1) is 17.6 Å². The molecule has 0 radical (unpaired) electrons. The molecule has 35 heavy (non-hydrogen) atoms. The molecule has 0 saturated carbocycles. The number of anilines is 1. The first-order chi connectivity index (χ1) is 16.8. The number of likely N-dealkylation sites (N-methyl/N-ethyl adjacent to an activating group) is 1. The zero-order chi connectivity index (χ0) is 25.1. The van der Waals surface area contributed by atoms with E-state index in [0.29, 0.717) is 23.4 Å². The summed E-state index contributed by atoms with van der Waals surface area (Å²) in [7, 11) is 1.48. The Bertz CT molecular complexity index is 1320. The minimum Gasteiger partial charge on any atom is -0.480 e. The summed E-state index contributed by atoms with van der Waals surface area (Å²) in [6, 6.07) is 8.61. The lowest BCUT2D eigenvalue weighted by molar-refractivity contribution is -0.139. The molecule has 0 saturated heterocycles. The molecular weight excluding hydrogens is 458 g/mol. The predicted octanol–water partition coefficient (Wildman–Crippen LogP) is 4.26. The first kappa shape index (κ1) is 24.0. The summed E-state index contributed by atoms with van der Waals surface area (Å²) in [5, 5.41) is 18.2. The second-order valence-corrected chi connectivity index (χ2v) is 8.19. The van der Waals surface area contributed by atoms with Gasteiger partial charge in [0.15, 0.2) is 17.5 Å². The highest BCUT2D eigenvalue weighted by atomic mass is 19.1. The monoisotopic (exact) mass is 482 g/mol. The maximum absolute atomic E-state index is 14.7. The van der Waals surface area contributed by atoms with Crippen LogP contribution in [0.2, 0.25) is 0 Å². The number of rotatable bonds is 9. The van der Waals surface area contributed by atoms with Crippen LogP contribution in [0.25, 0.3) is 22.9 Å². The van der Waals surface area contributed by atoms with Crippen molar-refractivity contribution in [2.75, 3.05) is 11.9 Å². The third-order valence-corrected chi connectivity index (χ3v) is 5.90. The number of hydrogen-bond acceptors (Lipinski definition) is 7. The van der Waals surface area contributed by atoms with Crippen LogP contribution in [-0.4, -0.2) is 49.1 Å². The van der Waals surface area contributed by atoms with Crippen molar-refractivity contribution in [3.05, 3.63) is 66.1 Å². The Balaban J connectivity index is 1.76. The van der Waals surface area contributed by atoms with Crippen LogP contribution in [0.5, 0.6) is 0 Å². The fourth-order valence-corrected chi connectivity index (χ4v) is 3.86. The van der Waals surface area contributed by atoms with Gasteiger partial charge in [-0.25, -0.2) is 23.5 Å². The summed E-state index contributed by atoms with van der Waals surface area (Å²) in [6.07, 6.45) is 2.97. The maximum atomic E-state index is 14.7. The molecule has 4 aromatic rings. The summed E-state index contributed by atoms with van der Waals surface area (Å²) in [5.74, 6) is -2.55. The maximum Gasteiger partial charge on any atom is 0.326 e. The number of aliphatic carboxylic acids is 1. The standard InChI is InChI=1S/C24H24F2N6O3/c1-4-14(2)21(24(33)34)31(3)23-17(26)12-27-22(28-23)19-11-20(18-9-10-35-30-18)32(29-19)13-15-7-5-6-8-16(15)25/h5-12,14,21H,4,13H2,1-3H3,(H,33,34)/t14?,21-/m1/s1. The van der Waals surface area contributed by atoms with Gasteiger partial charge in [-0.2, -0.15) is 5.10 Å². The molecule has 3 heterocycles. The molecule has 1 unspecified atom stereocenters. The molecule has 2 atom stereocenters. The van der Waals surface area contributed by atoms with Crippen LogP contribution in [0.3, 0.4) is 0 Å². The van der Waals surface area contributed by atoms with Crippen molar-refractivity contribution < 1.29 is 23.2 Å². The Morgan fingerprint density at radius 3 is 2.63 bits per heavy atom. The van der Waals surface area contributed by atoms with E-state index in [1.165, 1.54) is 29.0 Å². The molecular formula is C24H24F2N6O3. The second-order valence-electron chi connectivity index (χ2n) is 8.19. The van der Waals surface area contributed by atoms with Crippen LogP contribution < -0.4 is 4.90 Å². The lowest BCUT2D eigenvalue weighted by Gasteiger charge is -2.30. The Hall–Kier alpha value is -4.15. The molecule has 0 fully saturated rings. The third-order valence-electron chi connectivity index (χ3n) is 5.90. The lowest BCUT2D eigenvalue weighted by Crippen LogP contribution is -2.44. The van der Waals surface area contributed by atoms with Crippen molar-refractivity contribution in [1.82, 2.24) is 24.9 Å². The average molecular weight is 482 g/mol. The SMILES string of the molecule is CCC(C)[C@H](C(=O)O)N(C)c1nc(-c2cc(-c3ccon3)n(Cc3ccccc3F)n2)ncc1F. The molecule has 182 valence electrons. The predicted molar refractivity (Wildman–Crippen MR) is 123 cm³/mol. The van der Waals surface area contributed by atoms with E-state index in [2.05, 4.69) is 20.2 Å². The zero-order valence-electron chi connectivity index (χ0n) is 19.4. The number of carboxylic acids is 1. The molecule has 4 rings (SSSR count). The largest absolute Gasteiger partial charge is 0.480 e. The molecule has 0 aliphatic carbocycles. The Morgan fingerprint density at radius 1 is 1.20 bits per heavy atom. The average Bonchev–Trinajstić information content (AvgIpc) is 3.50. The van der Waals surface area contributed by atoms with Gasteiger partial charge in [-0.3, -0.25) is 4.68 Å². The summed E-state index contributed by atoms with van der Waals surface area (Å²) >= 11 is 0. The van der Waals surface area contributed by atoms with Gasteiger partial charge in [0.05, 0.1) is 18.4 Å².